The summed E-state index contributed by atoms with van der Waals surface area (Å²) >= 11 is 0. The summed E-state index contributed by atoms with van der Waals surface area (Å²) < 4.78 is 15.9. The first kappa shape index (κ1) is 14.1. The molecule has 5 heteroatoms. The van der Waals surface area contributed by atoms with E-state index in [-0.39, 0.29) is 0 Å². The summed E-state index contributed by atoms with van der Waals surface area (Å²) in [6.45, 7) is 0. The summed E-state index contributed by atoms with van der Waals surface area (Å²) in [5, 5.41) is 10.5. The van der Waals surface area contributed by atoms with Crippen molar-refractivity contribution in [3.63, 3.8) is 0 Å². The number of ether oxygens (including phenoxy) is 3. The zero-order chi connectivity index (χ0) is 14.5. The lowest BCUT2D eigenvalue weighted by Gasteiger charge is -2.19. The fourth-order valence-electron chi connectivity index (χ4n) is 2.06. The zero-order valence-corrected chi connectivity index (χ0v) is 11.7. The van der Waals surface area contributed by atoms with E-state index in [9.17, 15) is 5.11 Å². The molecule has 1 heterocycles. The molecule has 1 N–H and O–H groups in total. The summed E-state index contributed by atoms with van der Waals surface area (Å²) in [4.78, 5) is 4.01. The van der Waals surface area contributed by atoms with Gasteiger partial charge in [-0.25, -0.2) is 0 Å². The molecule has 0 aliphatic heterocycles. The Morgan fingerprint density at radius 2 is 1.75 bits per heavy atom. The summed E-state index contributed by atoms with van der Waals surface area (Å²) in [5.74, 6) is 1.45. The van der Waals surface area contributed by atoms with Crippen LogP contribution in [0.15, 0.2) is 36.7 Å². The van der Waals surface area contributed by atoms with Gasteiger partial charge in [0.2, 0.25) is 5.75 Å². The van der Waals surface area contributed by atoms with Gasteiger partial charge in [-0.15, -0.1) is 0 Å². The molecule has 106 valence electrons. The Labute approximate surface area is 117 Å². The number of aromatic nitrogens is 1. The van der Waals surface area contributed by atoms with Gasteiger partial charge < -0.3 is 19.3 Å². The third-order valence-electron chi connectivity index (χ3n) is 3.03. The van der Waals surface area contributed by atoms with E-state index >= 15 is 0 Å². The van der Waals surface area contributed by atoms with Gasteiger partial charge in [-0.2, -0.15) is 0 Å². The molecule has 2 rings (SSSR count). The van der Waals surface area contributed by atoms with Gasteiger partial charge in [-0.05, 0) is 18.2 Å². The molecule has 2 aromatic rings. The van der Waals surface area contributed by atoms with Crippen LogP contribution >= 0.6 is 0 Å². The molecule has 0 aliphatic carbocycles. The number of nitrogens with zero attached hydrogens (tertiary/aromatic N) is 1. The number of aliphatic hydroxyl groups excluding tert-OH is 1. The van der Waals surface area contributed by atoms with Crippen LogP contribution < -0.4 is 14.2 Å². The molecule has 0 spiro atoms. The highest BCUT2D eigenvalue weighted by molar-refractivity contribution is 5.57. The SMILES string of the molecule is COc1ccc(C(O)c2cccnc2)c(OC)c1OC. The molecule has 1 atom stereocenters. The van der Waals surface area contributed by atoms with E-state index in [2.05, 4.69) is 4.98 Å². The maximum absolute atomic E-state index is 10.5. The standard InChI is InChI=1S/C15H17NO4/c1-18-12-7-6-11(14(19-2)15(12)20-3)13(17)10-5-4-8-16-9-10/h4-9,13,17H,1-3H3. The first-order valence-corrected chi connectivity index (χ1v) is 6.09. The second-order valence-corrected chi connectivity index (χ2v) is 4.11. The van der Waals surface area contributed by atoms with Crippen molar-refractivity contribution in [3.05, 3.63) is 47.8 Å². The Hall–Kier alpha value is -2.27. The van der Waals surface area contributed by atoms with Crippen LogP contribution in [-0.4, -0.2) is 31.4 Å². The van der Waals surface area contributed by atoms with E-state index in [1.807, 2.05) is 0 Å². The van der Waals surface area contributed by atoms with Crippen LogP contribution in [0.2, 0.25) is 0 Å². The molecule has 0 amide bonds. The summed E-state index contributed by atoms with van der Waals surface area (Å²) in [7, 11) is 4.60. The van der Waals surface area contributed by atoms with Crippen LogP contribution in [0.3, 0.4) is 0 Å². The van der Waals surface area contributed by atoms with Crippen LogP contribution in [0.5, 0.6) is 17.2 Å². The number of benzene rings is 1. The maximum atomic E-state index is 10.5. The monoisotopic (exact) mass is 275 g/mol. The van der Waals surface area contributed by atoms with Crippen molar-refractivity contribution in [2.45, 2.75) is 6.10 Å². The second-order valence-electron chi connectivity index (χ2n) is 4.11. The highest BCUT2D eigenvalue weighted by Crippen LogP contribution is 2.43. The summed E-state index contributed by atoms with van der Waals surface area (Å²) in [5.41, 5.74) is 1.27. The Bertz CT molecular complexity index is 572. The first-order chi connectivity index (χ1) is 9.72. The third-order valence-corrected chi connectivity index (χ3v) is 3.03. The minimum absolute atomic E-state index is 0.447. The van der Waals surface area contributed by atoms with Gasteiger partial charge in [0.1, 0.15) is 6.10 Å². The van der Waals surface area contributed by atoms with Gasteiger partial charge in [0, 0.05) is 23.5 Å². The Balaban J connectivity index is 2.51. The van der Waals surface area contributed by atoms with Gasteiger partial charge in [-0.1, -0.05) is 6.07 Å². The molecule has 0 aliphatic rings. The molecule has 1 aromatic carbocycles. The third kappa shape index (κ3) is 2.53. The van der Waals surface area contributed by atoms with E-state index in [1.54, 1.807) is 43.8 Å². The highest BCUT2D eigenvalue weighted by Gasteiger charge is 2.21. The number of hydrogen-bond donors (Lipinski definition) is 1. The predicted octanol–water partition coefficient (Wildman–Crippen LogP) is 2.19. The second kappa shape index (κ2) is 6.25. The number of methoxy groups -OCH3 is 3. The van der Waals surface area contributed by atoms with Crippen LogP contribution in [0.1, 0.15) is 17.2 Å². The lowest BCUT2D eigenvalue weighted by Crippen LogP contribution is -2.05. The first-order valence-electron chi connectivity index (χ1n) is 6.09. The molecule has 5 nitrogen and oxygen atoms in total. The Kier molecular flexibility index (Phi) is 4.42. The number of pyridine rings is 1. The summed E-state index contributed by atoms with van der Waals surface area (Å²) in [6.07, 6.45) is 2.42. The van der Waals surface area contributed by atoms with E-state index in [4.69, 9.17) is 14.2 Å². The van der Waals surface area contributed by atoms with Crippen molar-refractivity contribution in [3.8, 4) is 17.2 Å². The molecule has 1 aromatic heterocycles. The molecule has 0 fully saturated rings. The van der Waals surface area contributed by atoms with Crippen LogP contribution in [-0.2, 0) is 0 Å². The van der Waals surface area contributed by atoms with Crippen molar-refractivity contribution in [1.82, 2.24) is 4.98 Å². The number of rotatable bonds is 5. The molecule has 20 heavy (non-hydrogen) atoms. The fourth-order valence-corrected chi connectivity index (χ4v) is 2.06. The van der Waals surface area contributed by atoms with Crippen molar-refractivity contribution in [2.24, 2.45) is 0 Å². The lowest BCUT2D eigenvalue weighted by molar-refractivity contribution is 0.212. The van der Waals surface area contributed by atoms with Gasteiger partial charge in [-0.3, -0.25) is 4.98 Å². The molecule has 0 bridgehead atoms. The average molecular weight is 275 g/mol. The predicted molar refractivity (Wildman–Crippen MR) is 74.4 cm³/mol. The molecular formula is C15H17NO4. The normalized spacial score (nSPS) is 11.8. The maximum Gasteiger partial charge on any atom is 0.203 e. The number of hydrogen-bond acceptors (Lipinski definition) is 5. The largest absolute Gasteiger partial charge is 0.493 e. The average Bonchev–Trinajstić information content (AvgIpc) is 2.53. The van der Waals surface area contributed by atoms with Crippen LogP contribution in [0.4, 0.5) is 0 Å². The van der Waals surface area contributed by atoms with E-state index in [0.29, 0.717) is 28.4 Å². The van der Waals surface area contributed by atoms with Crippen molar-refractivity contribution >= 4 is 0 Å². The van der Waals surface area contributed by atoms with Gasteiger partial charge in [0.05, 0.1) is 21.3 Å². The van der Waals surface area contributed by atoms with E-state index in [0.717, 1.165) is 0 Å². The Morgan fingerprint density at radius 1 is 1.00 bits per heavy atom. The zero-order valence-electron chi connectivity index (χ0n) is 11.7. The minimum Gasteiger partial charge on any atom is -0.493 e. The lowest BCUT2D eigenvalue weighted by atomic mass is 10.0. The number of aliphatic hydroxyl groups is 1. The molecule has 0 saturated carbocycles. The topological polar surface area (TPSA) is 60.8 Å². The Morgan fingerprint density at radius 3 is 2.30 bits per heavy atom. The molecule has 1 unspecified atom stereocenters. The minimum atomic E-state index is -0.849. The van der Waals surface area contributed by atoms with E-state index < -0.39 is 6.10 Å². The van der Waals surface area contributed by atoms with Gasteiger partial charge in [0.15, 0.2) is 11.5 Å². The highest BCUT2D eigenvalue weighted by atomic mass is 16.5. The molecular weight excluding hydrogens is 258 g/mol. The molecule has 0 saturated heterocycles. The van der Waals surface area contributed by atoms with Gasteiger partial charge >= 0.3 is 0 Å². The van der Waals surface area contributed by atoms with Crippen LogP contribution in [0.25, 0.3) is 0 Å². The smallest absolute Gasteiger partial charge is 0.203 e. The van der Waals surface area contributed by atoms with Crippen molar-refractivity contribution in [1.29, 1.82) is 0 Å². The van der Waals surface area contributed by atoms with E-state index in [1.165, 1.54) is 14.2 Å². The molecule has 0 radical (unpaired) electrons. The van der Waals surface area contributed by atoms with Crippen molar-refractivity contribution < 1.29 is 19.3 Å². The van der Waals surface area contributed by atoms with Crippen molar-refractivity contribution in [2.75, 3.05) is 21.3 Å². The van der Waals surface area contributed by atoms with Crippen LogP contribution in [0, 0.1) is 0 Å². The van der Waals surface area contributed by atoms with Gasteiger partial charge in [0.25, 0.3) is 0 Å². The fraction of sp³-hybridized carbons (Fsp3) is 0.267. The quantitative estimate of drug-likeness (QED) is 0.906. The summed E-state index contributed by atoms with van der Waals surface area (Å²) in [6, 6.07) is 7.05.